The van der Waals surface area contributed by atoms with Crippen molar-refractivity contribution in [3.05, 3.63) is 29.3 Å². The number of carbonyl (C=O) groups excluding carboxylic acids is 3. The maximum Gasteiger partial charge on any atom is 0.321 e. The third-order valence-electron chi connectivity index (χ3n) is 3.16. The summed E-state index contributed by atoms with van der Waals surface area (Å²) in [5, 5.41) is 4.70. The summed E-state index contributed by atoms with van der Waals surface area (Å²) in [5.41, 5.74) is 1.98. The Morgan fingerprint density at radius 2 is 1.80 bits per heavy atom. The third-order valence-corrected chi connectivity index (χ3v) is 4.15. The number of imide groups is 1. The number of hydrogen-bond donors (Lipinski definition) is 2. The predicted octanol–water partition coefficient (Wildman–Crippen LogP) is 2.95. The van der Waals surface area contributed by atoms with Gasteiger partial charge in [-0.15, -0.1) is 11.8 Å². The Bertz CT molecular complexity index is 638. The van der Waals surface area contributed by atoms with Gasteiger partial charge in [-0.1, -0.05) is 6.07 Å². The van der Waals surface area contributed by atoms with Gasteiger partial charge in [-0.3, -0.25) is 14.9 Å². The van der Waals surface area contributed by atoms with Gasteiger partial charge in [0.2, 0.25) is 0 Å². The summed E-state index contributed by atoms with van der Waals surface area (Å²) in [6, 6.07) is 5.52. The van der Waals surface area contributed by atoms with Gasteiger partial charge in [-0.05, 0) is 57.9 Å². The molecule has 0 aromatic heterocycles. The third kappa shape index (κ3) is 9.14. The monoisotopic (exact) mass is 366 g/mol. The Kier molecular flexibility index (Phi) is 7.96. The Hall–Kier alpha value is -2.02. The van der Waals surface area contributed by atoms with Crippen LogP contribution >= 0.6 is 11.8 Å². The molecule has 0 aliphatic carbocycles. The lowest BCUT2D eigenvalue weighted by Gasteiger charge is -2.20. The van der Waals surface area contributed by atoms with E-state index in [1.54, 1.807) is 32.5 Å². The molecule has 0 aliphatic heterocycles. The molecule has 0 fully saturated rings. The number of esters is 1. The zero-order valence-electron chi connectivity index (χ0n) is 15.4. The molecular weight excluding hydrogens is 340 g/mol. The van der Waals surface area contributed by atoms with Gasteiger partial charge in [-0.2, -0.15) is 0 Å². The summed E-state index contributed by atoms with van der Waals surface area (Å²) in [4.78, 5) is 35.8. The highest BCUT2D eigenvalue weighted by Crippen LogP contribution is 2.21. The minimum atomic E-state index is -0.656. The minimum Gasteiger partial charge on any atom is -0.456 e. The van der Waals surface area contributed by atoms with Crippen molar-refractivity contribution < 1.29 is 19.1 Å². The van der Waals surface area contributed by atoms with Gasteiger partial charge in [0.25, 0.3) is 5.91 Å². The summed E-state index contributed by atoms with van der Waals surface area (Å²) >= 11 is 1.56. The quantitative estimate of drug-likeness (QED) is 0.597. The smallest absolute Gasteiger partial charge is 0.321 e. The van der Waals surface area contributed by atoms with E-state index in [1.807, 2.05) is 26.0 Å². The number of urea groups is 1. The number of hydrogen-bond acceptors (Lipinski definition) is 5. The van der Waals surface area contributed by atoms with Gasteiger partial charge in [0.1, 0.15) is 0 Å². The largest absolute Gasteiger partial charge is 0.456 e. The number of thioether (sulfide) groups is 1. The maximum atomic E-state index is 11.7. The molecule has 0 unspecified atom stereocenters. The molecule has 6 nitrogen and oxygen atoms in total. The molecule has 1 aromatic rings. The second-order valence-electron chi connectivity index (χ2n) is 6.76. The fourth-order valence-corrected chi connectivity index (χ4v) is 2.74. The lowest BCUT2D eigenvalue weighted by Crippen LogP contribution is -2.49. The van der Waals surface area contributed by atoms with Crippen LogP contribution in [0, 0.1) is 13.8 Å². The molecule has 0 radical (unpaired) electrons. The average Bonchev–Trinajstić information content (AvgIpc) is 2.47. The van der Waals surface area contributed by atoms with Crippen molar-refractivity contribution >= 4 is 29.7 Å². The molecule has 1 aromatic carbocycles. The summed E-state index contributed by atoms with van der Waals surface area (Å²) in [5.74, 6) is -0.562. The van der Waals surface area contributed by atoms with Crippen molar-refractivity contribution in [3.63, 3.8) is 0 Å². The number of nitrogens with one attached hydrogen (secondary N) is 2. The van der Waals surface area contributed by atoms with Gasteiger partial charge in [0.15, 0.2) is 6.61 Å². The second-order valence-corrected chi connectivity index (χ2v) is 7.93. The van der Waals surface area contributed by atoms with Crippen LogP contribution < -0.4 is 10.6 Å². The molecule has 0 bridgehead atoms. The van der Waals surface area contributed by atoms with E-state index >= 15 is 0 Å². The first kappa shape index (κ1) is 21.0. The van der Waals surface area contributed by atoms with Crippen LogP contribution in [0.25, 0.3) is 0 Å². The van der Waals surface area contributed by atoms with Crippen LogP contribution in [0.3, 0.4) is 0 Å². The molecule has 138 valence electrons. The molecule has 3 amide bonds. The molecule has 1 rings (SSSR count). The molecule has 0 atom stereocenters. The minimum absolute atomic E-state index is 0.194. The topological polar surface area (TPSA) is 84.5 Å². The summed E-state index contributed by atoms with van der Waals surface area (Å²) in [7, 11) is 0. The Labute approximate surface area is 153 Å². The number of carbonyl (C=O) groups is 3. The Morgan fingerprint density at radius 1 is 1.12 bits per heavy atom. The summed E-state index contributed by atoms with van der Waals surface area (Å²) < 4.78 is 4.87. The van der Waals surface area contributed by atoms with Crippen LogP contribution in [0.15, 0.2) is 23.1 Å². The highest BCUT2D eigenvalue weighted by Gasteiger charge is 2.16. The number of amides is 3. The predicted molar refractivity (Wildman–Crippen MR) is 98.6 cm³/mol. The Morgan fingerprint density at radius 3 is 2.40 bits per heavy atom. The van der Waals surface area contributed by atoms with E-state index in [4.69, 9.17) is 4.74 Å². The van der Waals surface area contributed by atoms with Crippen molar-refractivity contribution in [2.75, 3.05) is 12.4 Å². The number of benzene rings is 1. The molecular formula is C18H26N2O4S. The summed E-state index contributed by atoms with van der Waals surface area (Å²) in [6.07, 6.45) is 0.194. The molecule has 0 saturated carbocycles. The molecule has 0 heterocycles. The van der Waals surface area contributed by atoms with Gasteiger partial charge in [0, 0.05) is 16.2 Å². The highest BCUT2D eigenvalue weighted by atomic mass is 32.2. The number of rotatable bonds is 6. The van der Waals surface area contributed by atoms with E-state index in [9.17, 15) is 14.4 Å². The van der Waals surface area contributed by atoms with Gasteiger partial charge < -0.3 is 10.1 Å². The van der Waals surface area contributed by atoms with Crippen molar-refractivity contribution in [1.29, 1.82) is 0 Å². The van der Waals surface area contributed by atoms with E-state index in [0.29, 0.717) is 5.75 Å². The fraction of sp³-hybridized carbons (Fsp3) is 0.500. The van der Waals surface area contributed by atoms with Crippen LogP contribution in [0.4, 0.5) is 4.79 Å². The van der Waals surface area contributed by atoms with E-state index in [0.717, 1.165) is 4.90 Å². The zero-order chi connectivity index (χ0) is 19.0. The lowest BCUT2D eigenvalue weighted by molar-refractivity contribution is -0.147. The van der Waals surface area contributed by atoms with Gasteiger partial charge in [-0.25, -0.2) is 4.79 Å². The second kappa shape index (κ2) is 9.46. The van der Waals surface area contributed by atoms with Crippen LogP contribution in [-0.2, 0) is 14.3 Å². The first-order valence-electron chi connectivity index (χ1n) is 8.04. The van der Waals surface area contributed by atoms with Crippen LogP contribution in [0.5, 0.6) is 0 Å². The SMILES string of the molecule is Cc1ccc(SCCC(=O)OCC(=O)NC(=O)NC(C)(C)C)cc1C. The molecule has 0 spiro atoms. The van der Waals surface area contributed by atoms with Gasteiger partial charge >= 0.3 is 12.0 Å². The molecule has 25 heavy (non-hydrogen) atoms. The van der Waals surface area contributed by atoms with E-state index in [-0.39, 0.29) is 6.42 Å². The zero-order valence-corrected chi connectivity index (χ0v) is 16.2. The van der Waals surface area contributed by atoms with Crippen molar-refractivity contribution in [3.8, 4) is 0 Å². The van der Waals surface area contributed by atoms with Crippen molar-refractivity contribution in [2.45, 2.75) is 51.5 Å². The van der Waals surface area contributed by atoms with Crippen molar-refractivity contribution in [2.24, 2.45) is 0 Å². The average molecular weight is 366 g/mol. The number of aryl methyl sites for hydroxylation is 2. The molecule has 0 aliphatic rings. The normalized spacial score (nSPS) is 10.9. The standard InChI is InChI=1S/C18H26N2O4S/c1-12-6-7-14(10-13(12)2)25-9-8-16(22)24-11-15(21)19-17(23)20-18(3,4)5/h6-7,10H,8-9,11H2,1-5H3,(H2,19,20,21,23). The van der Waals surface area contributed by atoms with Crippen LogP contribution in [0.1, 0.15) is 38.3 Å². The molecule has 2 N–H and O–H groups in total. The van der Waals surface area contributed by atoms with E-state index in [1.165, 1.54) is 11.1 Å². The summed E-state index contributed by atoms with van der Waals surface area (Å²) in [6.45, 7) is 9.01. The Balaban J connectivity index is 2.25. The first-order valence-corrected chi connectivity index (χ1v) is 9.03. The highest BCUT2D eigenvalue weighted by molar-refractivity contribution is 7.99. The van der Waals surface area contributed by atoms with Crippen LogP contribution in [0.2, 0.25) is 0 Å². The first-order chi connectivity index (χ1) is 11.6. The van der Waals surface area contributed by atoms with Crippen molar-refractivity contribution in [1.82, 2.24) is 10.6 Å². The van der Waals surface area contributed by atoms with E-state index < -0.39 is 30.1 Å². The lowest BCUT2D eigenvalue weighted by atomic mass is 10.1. The molecule has 7 heteroatoms. The number of ether oxygens (including phenoxy) is 1. The van der Waals surface area contributed by atoms with E-state index in [2.05, 4.69) is 16.7 Å². The molecule has 0 saturated heterocycles. The van der Waals surface area contributed by atoms with Gasteiger partial charge in [0.05, 0.1) is 6.42 Å². The maximum absolute atomic E-state index is 11.7. The van der Waals surface area contributed by atoms with Crippen LogP contribution in [-0.4, -0.2) is 35.8 Å². The fourth-order valence-electron chi connectivity index (χ4n) is 1.81.